The third kappa shape index (κ3) is 2.14. The third-order valence-electron chi connectivity index (χ3n) is 3.63. The molecule has 2 aliphatic rings. The largest absolute Gasteiger partial charge is 0.392 e. The minimum absolute atomic E-state index is 0.0481. The number of aliphatic hydroxyl groups is 1. The van der Waals surface area contributed by atoms with Gasteiger partial charge in [-0.15, -0.1) is 0 Å². The van der Waals surface area contributed by atoms with E-state index < -0.39 is 0 Å². The molecule has 13 heavy (non-hydrogen) atoms. The Labute approximate surface area is 80.8 Å². The Morgan fingerprint density at radius 2 is 1.77 bits per heavy atom. The van der Waals surface area contributed by atoms with Crippen molar-refractivity contribution in [3.05, 3.63) is 12.2 Å². The average molecular weight is 180 g/mol. The lowest BCUT2D eigenvalue weighted by Crippen LogP contribution is -2.29. The molecule has 0 amide bonds. The SMILES string of the molecule is O[C@@H]1CCC=C[C@H]1C1CCCCC1. The Kier molecular flexibility index (Phi) is 3.05. The van der Waals surface area contributed by atoms with Gasteiger partial charge in [-0.05, 0) is 31.6 Å². The topological polar surface area (TPSA) is 20.2 Å². The van der Waals surface area contributed by atoms with Crippen molar-refractivity contribution in [2.75, 3.05) is 0 Å². The van der Waals surface area contributed by atoms with Gasteiger partial charge in [0.1, 0.15) is 0 Å². The summed E-state index contributed by atoms with van der Waals surface area (Å²) in [7, 11) is 0. The van der Waals surface area contributed by atoms with E-state index in [-0.39, 0.29) is 6.10 Å². The molecule has 1 nitrogen and oxygen atoms in total. The molecule has 1 saturated carbocycles. The molecule has 1 N–H and O–H groups in total. The molecule has 0 saturated heterocycles. The number of rotatable bonds is 1. The summed E-state index contributed by atoms with van der Waals surface area (Å²) in [6.07, 6.45) is 13.4. The Balaban J connectivity index is 1.96. The van der Waals surface area contributed by atoms with Crippen LogP contribution in [0.5, 0.6) is 0 Å². The van der Waals surface area contributed by atoms with Crippen LogP contribution in [0, 0.1) is 11.8 Å². The maximum Gasteiger partial charge on any atom is 0.0608 e. The Morgan fingerprint density at radius 3 is 2.46 bits per heavy atom. The van der Waals surface area contributed by atoms with Crippen molar-refractivity contribution in [1.29, 1.82) is 0 Å². The minimum Gasteiger partial charge on any atom is -0.392 e. The zero-order valence-corrected chi connectivity index (χ0v) is 8.28. The second-order valence-electron chi connectivity index (χ2n) is 4.55. The molecule has 0 radical (unpaired) electrons. The lowest BCUT2D eigenvalue weighted by atomic mass is 9.75. The number of hydrogen-bond donors (Lipinski definition) is 1. The Bertz CT molecular complexity index is 180. The Hall–Kier alpha value is -0.300. The first-order valence-corrected chi connectivity index (χ1v) is 5.72. The van der Waals surface area contributed by atoms with E-state index in [9.17, 15) is 5.11 Å². The van der Waals surface area contributed by atoms with Crippen LogP contribution in [0.15, 0.2) is 12.2 Å². The molecule has 2 rings (SSSR count). The van der Waals surface area contributed by atoms with Crippen LogP contribution in [-0.4, -0.2) is 11.2 Å². The molecule has 0 aromatic rings. The van der Waals surface area contributed by atoms with Crippen molar-refractivity contribution in [2.24, 2.45) is 11.8 Å². The first-order chi connectivity index (χ1) is 6.38. The van der Waals surface area contributed by atoms with Crippen LogP contribution >= 0.6 is 0 Å². The summed E-state index contributed by atoms with van der Waals surface area (Å²) in [4.78, 5) is 0. The summed E-state index contributed by atoms with van der Waals surface area (Å²) < 4.78 is 0. The summed E-state index contributed by atoms with van der Waals surface area (Å²) in [5, 5.41) is 9.87. The van der Waals surface area contributed by atoms with Crippen molar-refractivity contribution < 1.29 is 5.11 Å². The molecule has 1 heteroatoms. The highest BCUT2D eigenvalue weighted by atomic mass is 16.3. The maximum absolute atomic E-state index is 9.87. The van der Waals surface area contributed by atoms with E-state index in [1.54, 1.807) is 0 Å². The summed E-state index contributed by atoms with van der Waals surface area (Å²) in [6.45, 7) is 0. The van der Waals surface area contributed by atoms with Crippen molar-refractivity contribution in [2.45, 2.75) is 51.0 Å². The summed E-state index contributed by atoms with van der Waals surface area (Å²) >= 11 is 0. The fourth-order valence-corrected chi connectivity index (χ4v) is 2.83. The predicted octanol–water partition coefficient (Wildman–Crippen LogP) is 2.89. The van der Waals surface area contributed by atoms with E-state index in [2.05, 4.69) is 12.2 Å². The second kappa shape index (κ2) is 4.28. The van der Waals surface area contributed by atoms with Crippen LogP contribution in [0.2, 0.25) is 0 Å². The average Bonchev–Trinajstić information content (AvgIpc) is 2.20. The van der Waals surface area contributed by atoms with Crippen LogP contribution in [0.1, 0.15) is 44.9 Å². The highest BCUT2D eigenvalue weighted by molar-refractivity contribution is 5.00. The minimum atomic E-state index is -0.0481. The number of aliphatic hydroxyl groups excluding tert-OH is 1. The smallest absolute Gasteiger partial charge is 0.0608 e. The van der Waals surface area contributed by atoms with E-state index in [1.165, 1.54) is 32.1 Å². The first-order valence-electron chi connectivity index (χ1n) is 5.72. The van der Waals surface area contributed by atoms with Gasteiger partial charge in [0.15, 0.2) is 0 Å². The van der Waals surface area contributed by atoms with Crippen LogP contribution in [0.4, 0.5) is 0 Å². The van der Waals surface area contributed by atoms with E-state index in [0.29, 0.717) is 5.92 Å². The van der Waals surface area contributed by atoms with Gasteiger partial charge >= 0.3 is 0 Å². The van der Waals surface area contributed by atoms with E-state index >= 15 is 0 Å². The van der Waals surface area contributed by atoms with Crippen LogP contribution in [0.25, 0.3) is 0 Å². The zero-order chi connectivity index (χ0) is 9.10. The Morgan fingerprint density at radius 1 is 1.00 bits per heavy atom. The van der Waals surface area contributed by atoms with Gasteiger partial charge in [-0.1, -0.05) is 31.4 Å². The molecule has 0 spiro atoms. The molecule has 0 aromatic heterocycles. The quantitative estimate of drug-likeness (QED) is 0.615. The molecule has 2 atom stereocenters. The zero-order valence-electron chi connectivity index (χ0n) is 8.28. The maximum atomic E-state index is 9.87. The molecular formula is C12H20O. The molecule has 0 bridgehead atoms. The van der Waals surface area contributed by atoms with Gasteiger partial charge < -0.3 is 5.11 Å². The van der Waals surface area contributed by atoms with Crippen molar-refractivity contribution in [1.82, 2.24) is 0 Å². The third-order valence-corrected chi connectivity index (χ3v) is 3.63. The number of allylic oxidation sites excluding steroid dienone is 1. The van der Waals surface area contributed by atoms with Crippen molar-refractivity contribution in [3.8, 4) is 0 Å². The van der Waals surface area contributed by atoms with Gasteiger partial charge in [-0.2, -0.15) is 0 Å². The molecule has 2 aliphatic carbocycles. The van der Waals surface area contributed by atoms with Gasteiger partial charge in [0, 0.05) is 5.92 Å². The summed E-state index contributed by atoms with van der Waals surface area (Å²) in [5.41, 5.74) is 0. The van der Waals surface area contributed by atoms with Gasteiger partial charge in [0.2, 0.25) is 0 Å². The second-order valence-corrected chi connectivity index (χ2v) is 4.55. The molecule has 74 valence electrons. The first kappa shape index (κ1) is 9.26. The fraction of sp³-hybridized carbons (Fsp3) is 0.833. The fourth-order valence-electron chi connectivity index (χ4n) is 2.83. The summed E-state index contributed by atoms with van der Waals surface area (Å²) in [5.74, 6) is 1.26. The molecule has 0 heterocycles. The number of hydrogen-bond acceptors (Lipinski definition) is 1. The van der Waals surface area contributed by atoms with Gasteiger partial charge in [0.05, 0.1) is 6.10 Å². The highest BCUT2D eigenvalue weighted by Gasteiger charge is 2.28. The van der Waals surface area contributed by atoms with E-state index in [0.717, 1.165) is 18.8 Å². The molecular weight excluding hydrogens is 160 g/mol. The van der Waals surface area contributed by atoms with Crippen LogP contribution < -0.4 is 0 Å². The normalized spacial score (nSPS) is 36.4. The molecule has 0 unspecified atom stereocenters. The van der Waals surface area contributed by atoms with Crippen molar-refractivity contribution >= 4 is 0 Å². The molecule has 0 aliphatic heterocycles. The highest BCUT2D eigenvalue weighted by Crippen LogP contribution is 2.35. The lowest BCUT2D eigenvalue weighted by molar-refractivity contribution is 0.0732. The van der Waals surface area contributed by atoms with Gasteiger partial charge in [0.25, 0.3) is 0 Å². The predicted molar refractivity (Wildman–Crippen MR) is 54.4 cm³/mol. The summed E-state index contributed by atoms with van der Waals surface area (Å²) in [6, 6.07) is 0. The lowest BCUT2D eigenvalue weighted by Gasteiger charge is -2.33. The van der Waals surface area contributed by atoms with Crippen molar-refractivity contribution in [3.63, 3.8) is 0 Å². The van der Waals surface area contributed by atoms with Gasteiger partial charge in [-0.3, -0.25) is 0 Å². The van der Waals surface area contributed by atoms with Crippen LogP contribution in [0.3, 0.4) is 0 Å². The standard InChI is InChI=1S/C12H20O/c13-12-9-5-4-8-11(12)10-6-2-1-3-7-10/h4,8,10-13H,1-3,5-7,9H2/t11-,12+/m0/s1. The van der Waals surface area contributed by atoms with Crippen LogP contribution in [-0.2, 0) is 0 Å². The molecule has 1 fully saturated rings. The monoisotopic (exact) mass is 180 g/mol. The molecule has 0 aromatic carbocycles. The van der Waals surface area contributed by atoms with E-state index in [1.807, 2.05) is 0 Å². The van der Waals surface area contributed by atoms with Gasteiger partial charge in [-0.25, -0.2) is 0 Å². The van der Waals surface area contributed by atoms with E-state index in [4.69, 9.17) is 0 Å².